The molecule has 2 aromatic rings. The maximum Gasteiger partial charge on any atom is 0.330 e. The number of amides is 1. The zero-order valence-electron chi connectivity index (χ0n) is 14.5. The van der Waals surface area contributed by atoms with Gasteiger partial charge in [0.05, 0.1) is 15.8 Å². The van der Waals surface area contributed by atoms with E-state index in [2.05, 4.69) is 9.97 Å². The van der Waals surface area contributed by atoms with E-state index in [9.17, 15) is 14.4 Å². The Bertz CT molecular complexity index is 959. The molecule has 3 heterocycles. The van der Waals surface area contributed by atoms with Gasteiger partial charge >= 0.3 is 5.97 Å². The van der Waals surface area contributed by atoms with Crippen LogP contribution in [0.2, 0.25) is 0 Å². The number of nitrogens with zero attached hydrogens (tertiary/aromatic N) is 2. The highest BCUT2D eigenvalue weighted by atomic mass is 32.2. The molecule has 2 saturated heterocycles. The summed E-state index contributed by atoms with van der Waals surface area (Å²) in [7, 11) is 0. The highest BCUT2D eigenvalue weighted by molar-refractivity contribution is 8.01. The summed E-state index contributed by atoms with van der Waals surface area (Å²) in [5.74, 6) is 0.350. The molecule has 2 fully saturated rings. The fraction of sp³-hybridized carbons (Fsp3) is 0.444. The van der Waals surface area contributed by atoms with Crippen molar-refractivity contribution in [1.29, 1.82) is 0 Å². The summed E-state index contributed by atoms with van der Waals surface area (Å²) in [5, 5.41) is 0.486. The van der Waals surface area contributed by atoms with Gasteiger partial charge in [-0.1, -0.05) is 12.1 Å². The van der Waals surface area contributed by atoms with Crippen molar-refractivity contribution in [3.8, 4) is 0 Å². The average Bonchev–Trinajstić information content (AvgIpc) is 3.11. The van der Waals surface area contributed by atoms with Crippen molar-refractivity contribution in [2.75, 3.05) is 5.75 Å². The fourth-order valence-corrected chi connectivity index (χ4v) is 5.02. The van der Waals surface area contributed by atoms with Crippen LogP contribution in [0, 0.1) is 0 Å². The van der Waals surface area contributed by atoms with E-state index >= 15 is 0 Å². The third kappa shape index (κ3) is 2.68. The van der Waals surface area contributed by atoms with Crippen molar-refractivity contribution < 1.29 is 14.3 Å². The summed E-state index contributed by atoms with van der Waals surface area (Å²) in [6, 6.07) is 6.41. The molecule has 1 N–H and O–H groups in total. The first-order valence-electron chi connectivity index (χ1n) is 8.55. The zero-order chi connectivity index (χ0) is 18.5. The second-order valence-electron chi connectivity index (χ2n) is 6.81. The monoisotopic (exact) mass is 373 g/mol. The Labute approximate surface area is 154 Å². The van der Waals surface area contributed by atoms with Crippen LogP contribution in [0.15, 0.2) is 29.1 Å². The molecule has 4 rings (SSSR count). The van der Waals surface area contributed by atoms with Crippen molar-refractivity contribution in [2.24, 2.45) is 0 Å². The molecular weight excluding hydrogens is 354 g/mol. The maximum absolute atomic E-state index is 12.7. The lowest BCUT2D eigenvalue weighted by Gasteiger charge is -2.29. The quantitative estimate of drug-likeness (QED) is 0.827. The molecule has 26 heavy (non-hydrogen) atoms. The van der Waals surface area contributed by atoms with Crippen molar-refractivity contribution in [3.63, 3.8) is 0 Å². The van der Waals surface area contributed by atoms with Gasteiger partial charge in [0.15, 0.2) is 11.9 Å². The van der Waals surface area contributed by atoms with Gasteiger partial charge in [-0.2, -0.15) is 0 Å². The van der Waals surface area contributed by atoms with Crippen LogP contribution in [-0.2, 0) is 14.3 Å². The third-order valence-corrected chi connectivity index (χ3v) is 6.53. The fourth-order valence-electron chi connectivity index (χ4n) is 3.60. The molecule has 0 saturated carbocycles. The molecule has 0 unspecified atom stereocenters. The number of carbonyl (C=O) groups excluding carboxylic acids is 2. The SMILES string of the molecule is C[C@@H](OC(=O)[C@H]1CS[C@@]2(C)CCC(=O)N12)c1nc2ccccc2c(=O)[nH]1. The number of aromatic nitrogens is 2. The van der Waals surface area contributed by atoms with Gasteiger partial charge in [-0.25, -0.2) is 9.78 Å². The van der Waals surface area contributed by atoms with Gasteiger partial charge in [0, 0.05) is 12.2 Å². The molecule has 0 bridgehead atoms. The first-order valence-corrected chi connectivity index (χ1v) is 9.53. The summed E-state index contributed by atoms with van der Waals surface area (Å²) in [6.45, 7) is 3.65. The minimum absolute atomic E-state index is 0.00987. The number of benzene rings is 1. The van der Waals surface area contributed by atoms with Crippen molar-refractivity contribution in [3.05, 3.63) is 40.4 Å². The Balaban J connectivity index is 1.55. The van der Waals surface area contributed by atoms with E-state index in [1.54, 1.807) is 47.9 Å². The topological polar surface area (TPSA) is 92.4 Å². The zero-order valence-corrected chi connectivity index (χ0v) is 15.3. The van der Waals surface area contributed by atoms with E-state index in [0.717, 1.165) is 6.42 Å². The summed E-state index contributed by atoms with van der Waals surface area (Å²) in [5.41, 5.74) is 0.278. The lowest BCUT2D eigenvalue weighted by Crippen LogP contribution is -2.46. The first-order chi connectivity index (χ1) is 12.4. The molecule has 2 aliphatic heterocycles. The number of nitrogens with one attached hydrogen (secondary N) is 1. The Kier molecular flexibility index (Phi) is 4.02. The van der Waals surface area contributed by atoms with Crippen molar-refractivity contribution in [1.82, 2.24) is 14.9 Å². The maximum atomic E-state index is 12.7. The van der Waals surface area contributed by atoms with Crippen LogP contribution in [0.25, 0.3) is 10.9 Å². The molecule has 3 atom stereocenters. The number of esters is 1. The molecule has 1 aromatic heterocycles. The number of fused-ring (bicyclic) bond motifs is 2. The van der Waals surface area contributed by atoms with E-state index in [0.29, 0.717) is 28.9 Å². The van der Waals surface area contributed by atoms with Gasteiger partial charge in [-0.05, 0) is 32.4 Å². The van der Waals surface area contributed by atoms with Crippen LogP contribution in [0.4, 0.5) is 0 Å². The lowest BCUT2D eigenvalue weighted by atomic mass is 10.2. The second kappa shape index (κ2) is 6.12. The summed E-state index contributed by atoms with van der Waals surface area (Å²) >= 11 is 1.61. The first kappa shape index (κ1) is 17.1. The predicted molar refractivity (Wildman–Crippen MR) is 97.6 cm³/mol. The standard InChI is InChI=1S/C18H19N3O4S/c1-10(15-19-12-6-4-3-5-11(12)16(23)20-15)25-17(24)13-9-26-18(2)8-7-14(22)21(13)18/h3-6,10,13H,7-9H2,1-2H3,(H,19,20,23)/t10-,13-,18+/m1/s1. The van der Waals surface area contributed by atoms with Crippen LogP contribution in [0.3, 0.4) is 0 Å². The summed E-state index contributed by atoms with van der Waals surface area (Å²) < 4.78 is 5.55. The molecule has 8 heteroatoms. The number of H-pyrrole nitrogens is 1. The van der Waals surface area contributed by atoms with Crippen LogP contribution in [0.5, 0.6) is 0 Å². The minimum Gasteiger partial charge on any atom is -0.453 e. The third-order valence-electron chi connectivity index (χ3n) is 5.03. The normalized spacial score (nSPS) is 26.2. The second-order valence-corrected chi connectivity index (χ2v) is 8.31. The summed E-state index contributed by atoms with van der Waals surface area (Å²) in [4.78, 5) is 45.4. The van der Waals surface area contributed by atoms with Crippen molar-refractivity contribution >= 4 is 34.5 Å². The predicted octanol–water partition coefficient (Wildman–Crippen LogP) is 1.98. The number of ether oxygens (including phenoxy) is 1. The van der Waals surface area contributed by atoms with E-state index in [1.165, 1.54) is 0 Å². The highest BCUT2D eigenvalue weighted by Gasteiger charge is 2.53. The van der Waals surface area contributed by atoms with Crippen LogP contribution >= 0.6 is 11.8 Å². The van der Waals surface area contributed by atoms with Crippen LogP contribution in [0.1, 0.15) is 38.6 Å². The Hall–Kier alpha value is -2.35. The number of para-hydroxylation sites is 1. The molecule has 0 spiro atoms. The number of carbonyl (C=O) groups is 2. The number of aromatic amines is 1. The number of hydrogen-bond acceptors (Lipinski definition) is 6. The number of rotatable bonds is 3. The number of hydrogen-bond donors (Lipinski definition) is 1. The Morgan fingerprint density at radius 3 is 3.00 bits per heavy atom. The Morgan fingerprint density at radius 2 is 2.19 bits per heavy atom. The summed E-state index contributed by atoms with van der Waals surface area (Å²) in [6.07, 6.45) is 0.493. The van der Waals surface area contributed by atoms with Crippen molar-refractivity contribution in [2.45, 2.75) is 43.7 Å². The minimum atomic E-state index is -0.714. The molecule has 136 valence electrons. The van der Waals surface area contributed by atoms with Crippen LogP contribution in [-0.4, -0.2) is 43.4 Å². The Morgan fingerprint density at radius 1 is 1.42 bits per heavy atom. The van der Waals surface area contributed by atoms with E-state index in [-0.39, 0.29) is 16.3 Å². The molecular formula is C18H19N3O4S. The van der Waals surface area contributed by atoms with Gasteiger partial charge in [-0.15, -0.1) is 11.8 Å². The van der Waals surface area contributed by atoms with E-state index < -0.39 is 18.1 Å². The van der Waals surface area contributed by atoms with Gasteiger partial charge in [0.1, 0.15) is 6.04 Å². The largest absolute Gasteiger partial charge is 0.453 e. The van der Waals surface area contributed by atoms with E-state index in [4.69, 9.17) is 4.74 Å². The highest BCUT2D eigenvalue weighted by Crippen LogP contribution is 2.47. The van der Waals surface area contributed by atoms with Gasteiger partial charge in [0.2, 0.25) is 5.91 Å². The number of thioether (sulfide) groups is 1. The molecule has 2 aliphatic rings. The molecule has 0 radical (unpaired) electrons. The molecule has 1 amide bonds. The molecule has 1 aromatic carbocycles. The van der Waals surface area contributed by atoms with Gasteiger partial charge in [0.25, 0.3) is 5.56 Å². The molecule has 7 nitrogen and oxygen atoms in total. The van der Waals surface area contributed by atoms with Crippen LogP contribution < -0.4 is 5.56 Å². The van der Waals surface area contributed by atoms with Gasteiger partial charge in [-0.3, -0.25) is 9.59 Å². The van der Waals surface area contributed by atoms with E-state index in [1.807, 2.05) is 6.92 Å². The lowest BCUT2D eigenvalue weighted by molar-refractivity contribution is -0.158. The van der Waals surface area contributed by atoms with Gasteiger partial charge < -0.3 is 14.6 Å². The smallest absolute Gasteiger partial charge is 0.330 e. The molecule has 0 aliphatic carbocycles. The average molecular weight is 373 g/mol.